The van der Waals surface area contributed by atoms with Gasteiger partial charge in [-0.25, -0.2) is 0 Å². The van der Waals surface area contributed by atoms with Gasteiger partial charge in [0.05, 0.1) is 11.6 Å². The number of nitrogens with zero attached hydrogens (tertiary/aromatic N) is 1. The highest BCUT2D eigenvalue weighted by molar-refractivity contribution is 6.07. The third kappa shape index (κ3) is 1.81. The maximum Gasteiger partial charge on any atom is 0.258 e. The van der Waals surface area contributed by atoms with Crippen LogP contribution in [0.3, 0.4) is 0 Å². The van der Waals surface area contributed by atoms with E-state index in [2.05, 4.69) is 0 Å². The van der Waals surface area contributed by atoms with Crippen LogP contribution >= 0.6 is 0 Å². The summed E-state index contributed by atoms with van der Waals surface area (Å²) in [5.74, 6) is -0.404. The van der Waals surface area contributed by atoms with E-state index in [1.165, 1.54) is 11.0 Å². The summed E-state index contributed by atoms with van der Waals surface area (Å²) in [6.45, 7) is 1.92. The molecule has 128 valence electrons. The minimum absolute atomic E-state index is 0.0411. The van der Waals surface area contributed by atoms with Crippen molar-refractivity contribution in [2.75, 3.05) is 13.3 Å². The summed E-state index contributed by atoms with van der Waals surface area (Å²) >= 11 is 0. The van der Waals surface area contributed by atoms with Gasteiger partial charge in [-0.2, -0.15) is 0 Å². The van der Waals surface area contributed by atoms with E-state index >= 15 is 0 Å². The third-order valence-corrected chi connectivity index (χ3v) is 4.79. The summed E-state index contributed by atoms with van der Waals surface area (Å²) in [5.41, 5.74) is 0.867. The first kappa shape index (κ1) is 15.3. The van der Waals surface area contributed by atoms with E-state index in [0.29, 0.717) is 16.9 Å². The van der Waals surface area contributed by atoms with Gasteiger partial charge in [-0.15, -0.1) is 0 Å². The average Bonchev–Trinajstić information content (AvgIpc) is 3.03. The Balaban J connectivity index is 1.99. The Labute approximate surface area is 137 Å². The number of carbonyl (C=O) groups is 1. The molecule has 1 aromatic carbocycles. The lowest BCUT2D eigenvalue weighted by Gasteiger charge is -2.45. The number of hydrogen-bond donors (Lipinski definition) is 4. The van der Waals surface area contributed by atoms with Crippen molar-refractivity contribution in [1.82, 2.24) is 4.90 Å². The minimum Gasteiger partial charge on any atom is -0.504 e. The zero-order valence-electron chi connectivity index (χ0n) is 12.8. The SMILES string of the molecule is CCN1C(=O)c2c(cc3c(c2O)OCO3)C2=C[C@H](O)[C@@H](O)[C@@H](O)[C@@H]21. The van der Waals surface area contributed by atoms with Gasteiger partial charge in [-0.3, -0.25) is 4.79 Å². The normalized spacial score (nSPS) is 30.8. The Kier molecular flexibility index (Phi) is 3.24. The van der Waals surface area contributed by atoms with Crippen molar-refractivity contribution < 1.29 is 34.7 Å². The molecule has 4 N–H and O–H groups in total. The summed E-state index contributed by atoms with van der Waals surface area (Å²) in [5, 5.41) is 40.8. The maximum absolute atomic E-state index is 12.8. The second kappa shape index (κ2) is 5.10. The maximum atomic E-state index is 12.8. The van der Waals surface area contributed by atoms with Crippen LogP contribution in [0.2, 0.25) is 0 Å². The van der Waals surface area contributed by atoms with Crippen LogP contribution in [0.15, 0.2) is 12.1 Å². The van der Waals surface area contributed by atoms with Crippen molar-refractivity contribution in [3.05, 3.63) is 23.3 Å². The number of benzene rings is 1. The Morgan fingerprint density at radius 2 is 2.00 bits per heavy atom. The molecular formula is C16H17NO7. The second-order valence-electron chi connectivity index (χ2n) is 6.01. The molecule has 2 aliphatic heterocycles. The number of rotatable bonds is 1. The van der Waals surface area contributed by atoms with Crippen molar-refractivity contribution in [1.29, 1.82) is 0 Å². The molecule has 0 spiro atoms. The highest BCUT2D eigenvalue weighted by Gasteiger charge is 2.48. The number of aliphatic hydroxyl groups is 3. The third-order valence-electron chi connectivity index (χ3n) is 4.79. The standard InChI is InChI=1S/C16H17NO7/c1-2-17-11-7(3-8(18)12(19)14(11)21)6-4-9-15(24-5-23-9)13(20)10(6)16(17)22/h3-4,8,11-12,14,18-21H,2,5H2,1H3/t8-,11+,12+,14-/m0/s1. The van der Waals surface area contributed by atoms with Gasteiger partial charge in [0.15, 0.2) is 11.5 Å². The molecule has 0 radical (unpaired) electrons. The van der Waals surface area contributed by atoms with Crippen LogP contribution in [-0.2, 0) is 0 Å². The van der Waals surface area contributed by atoms with Crippen molar-refractivity contribution >= 4 is 11.5 Å². The molecule has 8 heteroatoms. The molecule has 8 nitrogen and oxygen atoms in total. The smallest absolute Gasteiger partial charge is 0.258 e. The lowest BCUT2D eigenvalue weighted by Crippen LogP contribution is -2.58. The lowest BCUT2D eigenvalue weighted by molar-refractivity contribution is -0.0689. The van der Waals surface area contributed by atoms with Crippen molar-refractivity contribution in [3.8, 4) is 17.2 Å². The van der Waals surface area contributed by atoms with Gasteiger partial charge in [0.25, 0.3) is 5.91 Å². The van der Waals surface area contributed by atoms with E-state index in [0.717, 1.165) is 0 Å². The van der Waals surface area contributed by atoms with Crippen molar-refractivity contribution in [3.63, 3.8) is 0 Å². The predicted molar refractivity (Wildman–Crippen MR) is 80.7 cm³/mol. The minimum atomic E-state index is -1.40. The van der Waals surface area contributed by atoms with E-state index in [4.69, 9.17) is 9.47 Å². The molecule has 3 aliphatic rings. The van der Waals surface area contributed by atoms with Gasteiger partial charge in [0.2, 0.25) is 12.5 Å². The van der Waals surface area contributed by atoms with Crippen LogP contribution in [0.1, 0.15) is 22.8 Å². The summed E-state index contributed by atoms with van der Waals surface area (Å²) in [6, 6.07) is 0.742. The van der Waals surface area contributed by atoms with Crippen LogP contribution in [0.4, 0.5) is 0 Å². The largest absolute Gasteiger partial charge is 0.504 e. The first-order valence-corrected chi connectivity index (χ1v) is 7.68. The highest BCUT2D eigenvalue weighted by atomic mass is 16.7. The van der Waals surface area contributed by atoms with E-state index in [9.17, 15) is 25.2 Å². The summed E-state index contributed by atoms with van der Waals surface area (Å²) in [6.07, 6.45) is -2.62. The fourth-order valence-corrected chi connectivity index (χ4v) is 3.63. The van der Waals surface area contributed by atoms with Crippen LogP contribution in [0.5, 0.6) is 17.2 Å². The van der Waals surface area contributed by atoms with E-state index in [-0.39, 0.29) is 30.4 Å². The molecule has 4 rings (SSSR count). The molecule has 0 unspecified atom stereocenters. The molecule has 1 aliphatic carbocycles. The van der Waals surface area contributed by atoms with Crippen molar-refractivity contribution in [2.24, 2.45) is 0 Å². The Bertz CT molecular complexity index is 759. The quantitative estimate of drug-likeness (QED) is 0.543. The molecule has 4 atom stereocenters. The second-order valence-corrected chi connectivity index (χ2v) is 6.01. The molecular weight excluding hydrogens is 318 g/mol. The Morgan fingerprint density at radius 3 is 2.71 bits per heavy atom. The van der Waals surface area contributed by atoms with Gasteiger partial charge in [-0.1, -0.05) is 0 Å². The number of amides is 1. The molecule has 1 amide bonds. The number of likely N-dealkylation sites (N-methyl/N-ethyl adjacent to an activating group) is 1. The van der Waals surface area contributed by atoms with Gasteiger partial charge in [0.1, 0.15) is 18.3 Å². The molecule has 0 saturated heterocycles. The van der Waals surface area contributed by atoms with Crippen LogP contribution in [0.25, 0.3) is 5.57 Å². The van der Waals surface area contributed by atoms with Crippen LogP contribution in [-0.4, -0.2) is 68.9 Å². The topological polar surface area (TPSA) is 120 Å². The highest BCUT2D eigenvalue weighted by Crippen LogP contribution is 2.50. The summed E-state index contributed by atoms with van der Waals surface area (Å²) in [4.78, 5) is 14.2. The lowest BCUT2D eigenvalue weighted by atomic mass is 9.78. The number of hydrogen-bond acceptors (Lipinski definition) is 7. The first-order chi connectivity index (χ1) is 11.5. The van der Waals surface area contributed by atoms with E-state index in [1.54, 1.807) is 13.0 Å². The Hall–Kier alpha value is -2.29. The molecule has 1 aromatic rings. The van der Waals surface area contributed by atoms with Gasteiger partial charge >= 0.3 is 0 Å². The van der Waals surface area contributed by atoms with Crippen LogP contribution in [0, 0.1) is 0 Å². The van der Waals surface area contributed by atoms with E-state index in [1.807, 2.05) is 0 Å². The average molecular weight is 335 g/mol. The fourth-order valence-electron chi connectivity index (χ4n) is 3.63. The first-order valence-electron chi connectivity index (χ1n) is 7.68. The molecule has 0 aromatic heterocycles. The van der Waals surface area contributed by atoms with Crippen molar-refractivity contribution in [2.45, 2.75) is 31.3 Å². The monoisotopic (exact) mass is 335 g/mol. The predicted octanol–water partition coefficient (Wildman–Crippen LogP) is -0.555. The molecule has 0 saturated carbocycles. The molecule has 0 fully saturated rings. The number of carbonyl (C=O) groups excluding carboxylic acids is 1. The molecule has 24 heavy (non-hydrogen) atoms. The van der Waals surface area contributed by atoms with Gasteiger partial charge < -0.3 is 34.8 Å². The Morgan fingerprint density at radius 1 is 1.25 bits per heavy atom. The zero-order chi connectivity index (χ0) is 17.2. The van der Waals surface area contributed by atoms with Gasteiger partial charge in [-0.05, 0) is 24.6 Å². The summed E-state index contributed by atoms with van der Waals surface area (Å²) < 4.78 is 10.5. The number of phenolic OH excluding ortho intramolecular Hbond substituents is 1. The van der Waals surface area contributed by atoms with E-state index < -0.39 is 30.3 Å². The molecule has 0 bridgehead atoms. The van der Waals surface area contributed by atoms with Gasteiger partial charge in [0, 0.05) is 12.1 Å². The molecule has 2 heterocycles. The number of fused-ring (bicyclic) bond motifs is 4. The number of phenols is 1. The fraction of sp³-hybridized carbons (Fsp3) is 0.438. The number of aromatic hydroxyl groups is 1. The number of ether oxygens (including phenoxy) is 2. The summed E-state index contributed by atoms with van der Waals surface area (Å²) in [7, 11) is 0. The number of aliphatic hydroxyl groups excluding tert-OH is 3. The van der Waals surface area contributed by atoms with Crippen LogP contribution < -0.4 is 9.47 Å². The zero-order valence-corrected chi connectivity index (χ0v) is 12.8.